The van der Waals surface area contributed by atoms with Gasteiger partial charge in [0.15, 0.2) is 0 Å². The molecule has 1 aliphatic rings. The SMILES string of the molecule is CCC1CCC(CNC(=O)c2ccn(C)c(=O)c2)CC1. The van der Waals surface area contributed by atoms with Gasteiger partial charge in [-0.3, -0.25) is 9.59 Å². The summed E-state index contributed by atoms with van der Waals surface area (Å²) in [5, 5.41) is 2.96. The molecule has 4 heteroatoms. The lowest BCUT2D eigenvalue weighted by molar-refractivity contribution is 0.0941. The molecule has 20 heavy (non-hydrogen) atoms. The van der Waals surface area contributed by atoms with Gasteiger partial charge in [-0.2, -0.15) is 0 Å². The molecular formula is C16H24N2O2. The van der Waals surface area contributed by atoms with Crippen molar-refractivity contribution in [2.45, 2.75) is 39.0 Å². The molecule has 4 nitrogen and oxygen atoms in total. The minimum absolute atomic E-state index is 0.139. The summed E-state index contributed by atoms with van der Waals surface area (Å²) in [6.45, 7) is 2.98. The van der Waals surface area contributed by atoms with Crippen LogP contribution in [-0.4, -0.2) is 17.0 Å². The highest BCUT2D eigenvalue weighted by molar-refractivity contribution is 5.93. The maximum atomic E-state index is 12.0. The molecule has 0 aliphatic heterocycles. The van der Waals surface area contributed by atoms with Crippen LogP contribution in [0.1, 0.15) is 49.4 Å². The number of pyridine rings is 1. The Hall–Kier alpha value is -1.58. The van der Waals surface area contributed by atoms with Crippen molar-refractivity contribution in [3.8, 4) is 0 Å². The third-order valence-electron chi connectivity index (χ3n) is 4.46. The molecule has 0 unspecified atom stereocenters. The molecule has 0 saturated heterocycles. The lowest BCUT2D eigenvalue weighted by Crippen LogP contribution is -2.32. The van der Waals surface area contributed by atoms with Gasteiger partial charge < -0.3 is 9.88 Å². The van der Waals surface area contributed by atoms with Crippen LogP contribution in [-0.2, 0) is 7.05 Å². The number of aryl methyl sites for hydroxylation is 1. The molecule has 1 N–H and O–H groups in total. The zero-order chi connectivity index (χ0) is 14.5. The van der Waals surface area contributed by atoms with Gasteiger partial charge in [0.05, 0.1) is 0 Å². The first kappa shape index (κ1) is 14.8. The number of nitrogens with one attached hydrogen (secondary N) is 1. The van der Waals surface area contributed by atoms with Gasteiger partial charge in [0.25, 0.3) is 11.5 Å². The Morgan fingerprint density at radius 3 is 2.55 bits per heavy atom. The van der Waals surface area contributed by atoms with Crippen LogP contribution in [0.25, 0.3) is 0 Å². The zero-order valence-corrected chi connectivity index (χ0v) is 12.4. The van der Waals surface area contributed by atoms with Gasteiger partial charge in [0, 0.05) is 31.4 Å². The first-order valence-corrected chi connectivity index (χ1v) is 7.55. The van der Waals surface area contributed by atoms with Crippen LogP contribution < -0.4 is 10.9 Å². The largest absolute Gasteiger partial charge is 0.352 e. The fraction of sp³-hybridized carbons (Fsp3) is 0.625. The third-order valence-corrected chi connectivity index (χ3v) is 4.46. The molecule has 110 valence electrons. The molecule has 2 rings (SSSR count). The summed E-state index contributed by atoms with van der Waals surface area (Å²) < 4.78 is 1.46. The minimum Gasteiger partial charge on any atom is -0.352 e. The van der Waals surface area contributed by atoms with E-state index in [9.17, 15) is 9.59 Å². The van der Waals surface area contributed by atoms with Crippen molar-refractivity contribution in [1.29, 1.82) is 0 Å². The van der Waals surface area contributed by atoms with E-state index >= 15 is 0 Å². The summed E-state index contributed by atoms with van der Waals surface area (Å²) in [6, 6.07) is 3.08. The average molecular weight is 276 g/mol. The Bertz CT molecular complexity index is 513. The minimum atomic E-state index is -0.152. The van der Waals surface area contributed by atoms with Gasteiger partial charge in [-0.25, -0.2) is 0 Å². The predicted molar refractivity (Wildman–Crippen MR) is 79.8 cm³/mol. The smallest absolute Gasteiger partial charge is 0.251 e. The topological polar surface area (TPSA) is 51.1 Å². The summed E-state index contributed by atoms with van der Waals surface area (Å²) in [5.74, 6) is 1.33. The van der Waals surface area contributed by atoms with E-state index in [1.165, 1.54) is 42.7 Å². The van der Waals surface area contributed by atoms with Gasteiger partial charge in [-0.15, -0.1) is 0 Å². The highest BCUT2D eigenvalue weighted by Crippen LogP contribution is 2.30. The second-order valence-electron chi connectivity index (χ2n) is 5.87. The standard InChI is InChI=1S/C16H24N2O2/c1-3-12-4-6-13(7-5-12)11-17-16(20)14-8-9-18(2)15(19)10-14/h8-10,12-13H,3-7,11H2,1-2H3,(H,17,20). The van der Waals surface area contributed by atoms with E-state index in [0.29, 0.717) is 11.5 Å². The van der Waals surface area contributed by atoms with Gasteiger partial charge in [0.2, 0.25) is 0 Å². The van der Waals surface area contributed by atoms with Crippen LogP contribution in [0.15, 0.2) is 23.1 Å². The van der Waals surface area contributed by atoms with Crippen LogP contribution in [0, 0.1) is 11.8 Å². The Morgan fingerprint density at radius 1 is 1.30 bits per heavy atom. The van der Waals surface area contributed by atoms with Crippen molar-refractivity contribution in [2.75, 3.05) is 6.54 Å². The Labute approximate surface area is 120 Å². The van der Waals surface area contributed by atoms with Crippen molar-refractivity contribution in [3.63, 3.8) is 0 Å². The number of nitrogens with zero attached hydrogens (tertiary/aromatic N) is 1. The molecule has 1 heterocycles. The summed E-state index contributed by atoms with van der Waals surface area (Å²) in [5.41, 5.74) is 0.302. The van der Waals surface area contributed by atoms with Gasteiger partial charge in [-0.1, -0.05) is 26.2 Å². The molecule has 1 saturated carbocycles. The van der Waals surface area contributed by atoms with Crippen LogP contribution in [0.2, 0.25) is 0 Å². The Morgan fingerprint density at radius 2 is 1.95 bits per heavy atom. The lowest BCUT2D eigenvalue weighted by atomic mass is 9.81. The van der Waals surface area contributed by atoms with E-state index in [1.54, 1.807) is 19.3 Å². The fourth-order valence-corrected chi connectivity index (χ4v) is 2.87. The lowest BCUT2D eigenvalue weighted by Gasteiger charge is -2.27. The van der Waals surface area contributed by atoms with Crippen LogP contribution >= 0.6 is 0 Å². The quantitative estimate of drug-likeness (QED) is 0.917. The molecule has 0 radical (unpaired) electrons. The molecular weight excluding hydrogens is 252 g/mol. The van der Waals surface area contributed by atoms with Crippen molar-refractivity contribution in [3.05, 3.63) is 34.2 Å². The second kappa shape index (κ2) is 6.73. The number of rotatable bonds is 4. The van der Waals surface area contributed by atoms with E-state index in [1.807, 2.05) is 0 Å². The molecule has 1 aromatic heterocycles. The van der Waals surface area contributed by atoms with Gasteiger partial charge in [0.1, 0.15) is 0 Å². The first-order chi connectivity index (χ1) is 9.60. The molecule has 1 amide bonds. The van der Waals surface area contributed by atoms with E-state index in [4.69, 9.17) is 0 Å². The number of aromatic nitrogens is 1. The van der Waals surface area contributed by atoms with E-state index in [-0.39, 0.29) is 11.5 Å². The monoisotopic (exact) mass is 276 g/mol. The Kier molecular flexibility index (Phi) is 4.99. The van der Waals surface area contributed by atoms with Crippen LogP contribution in [0.5, 0.6) is 0 Å². The van der Waals surface area contributed by atoms with Crippen molar-refractivity contribution >= 4 is 5.91 Å². The molecule has 0 spiro atoms. The summed E-state index contributed by atoms with van der Waals surface area (Å²) in [4.78, 5) is 23.5. The highest BCUT2D eigenvalue weighted by Gasteiger charge is 2.20. The fourth-order valence-electron chi connectivity index (χ4n) is 2.87. The summed E-state index contributed by atoms with van der Waals surface area (Å²) in [6.07, 6.45) is 7.87. The van der Waals surface area contributed by atoms with Crippen molar-refractivity contribution < 1.29 is 4.79 Å². The third kappa shape index (κ3) is 3.71. The molecule has 1 aromatic rings. The number of hydrogen-bond acceptors (Lipinski definition) is 2. The maximum Gasteiger partial charge on any atom is 0.251 e. The predicted octanol–water partition coefficient (Wildman–Crippen LogP) is 2.33. The molecule has 0 bridgehead atoms. The van der Waals surface area contributed by atoms with Crippen molar-refractivity contribution in [2.24, 2.45) is 18.9 Å². The van der Waals surface area contributed by atoms with E-state index < -0.39 is 0 Å². The molecule has 1 aliphatic carbocycles. The van der Waals surface area contributed by atoms with Gasteiger partial charge in [-0.05, 0) is 30.7 Å². The summed E-state index contributed by atoms with van der Waals surface area (Å²) >= 11 is 0. The summed E-state index contributed by atoms with van der Waals surface area (Å²) in [7, 11) is 1.68. The van der Waals surface area contributed by atoms with Crippen molar-refractivity contribution in [1.82, 2.24) is 9.88 Å². The maximum absolute atomic E-state index is 12.0. The first-order valence-electron chi connectivity index (χ1n) is 7.55. The number of amides is 1. The number of carbonyl (C=O) groups is 1. The number of carbonyl (C=O) groups excluding carboxylic acids is 1. The molecule has 1 fully saturated rings. The molecule has 0 aromatic carbocycles. The molecule has 0 atom stereocenters. The van der Waals surface area contributed by atoms with Gasteiger partial charge >= 0.3 is 0 Å². The van der Waals surface area contributed by atoms with Crippen LogP contribution in [0.4, 0.5) is 0 Å². The van der Waals surface area contributed by atoms with E-state index in [2.05, 4.69) is 12.2 Å². The second-order valence-corrected chi connectivity index (χ2v) is 5.87. The Balaban J connectivity index is 1.83. The van der Waals surface area contributed by atoms with E-state index in [0.717, 1.165) is 12.5 Å². The zero-order valence-electron chi connectivity index (χ0n) is 12.4. The normalized spacial score (nSPS) is 22.5. The number of hydrogen-bond donors (Lipinski definition) is 1. The average Bonchev–Trinajstić information content (AvgIpc) is 2.48. The van der Waals surface area contributed by atoms with Crippen LogP contribution in [0.3, 0.4) is 0 Å². The highest BCUT2D eigenvalue weighted by atomic mass is 16.2.